The van der Waals surface area contributed by atoms with E-state index in [1.165, 1.54) is 0 Å². The maximum Gasteiger partial charge on any atom is 0.408 e. The largest absolute Gasteiger partial charge is 0.444 e. The van der Waals surface area contributed by atoms with Crippen LogP contribution in [0.15, 0.2) is 24.3 Å². The molecule has 1 aromatic carbocycles. The van der Waals surface area contributed by atoms with E-state index in [2.05, 4.69) is 10.6 Å². The van der Waals surface area contributed by atoms with Crippen molar-refractivity contribution < 1.29 is 19.1 Å². The Morgan fingerprint density at radius 3 is 2.12 bits per heavy atom. The summed E-state index contributed by atoms with van der Waals surface area (Å²) in [7, 11) is 0. The second kappa shape index (κ2) is 10.8. The monoisotopic (exact) mass is 473 g/mol. The van der Waals surface area contributed by atoms with Crippen LogP contribution in [0.25, 0.3) is 0 Å². The van der Waals surface area contributed by atoms with E-state index in [0.29, 0.717) is 6.42 Å². The fraction of sp³-hybridized carbons (Fsp3) is 0.667. The molecule has 2 unspecified atom stereocenters. The van der Waals surface area contributed by atoms with Crippen LogP contribution in [0.2, 0.25) is 0 Å². The fourth-order valence-electron chi connectivity index (χ4n) is 3.94. The van der Waals surface area contributed by atoms with Gasteiger partial charge in [-0.25, -0.2) is 4.79 Å². The van der Waals surface area contributed by atoms with Crippen molar-refractivity contribution in [2.45, 2.75) is 111 Å². The van der Waals surface area contributed by atoms with Crippen LogP contribution in [-0.4, -0.2) is 46.0 Å². The lowest BCUT2D eigenvalue weighted by molar-refractivity contribution is -0.144. The fourth-order valence-corrected chi connectivity index (χ4v) is 3.94. The third-order valence-corrected chi connectivity index (χ3v) is 5.40. The quantitative estimate of drug-likeness (QED) is 0.563. The molecule has 190 valence electrons. The minimum atomic E-state index is -0.788. The van der Waals surface area contributed by atoms with Crippen LogP contribution in [0, 0.1) is 12.8 Å². The number of hydrogen-bond donors (Lipinski definition) is 2. The summed E-state index contributed by atoms with van der Waals surface area (Å²) in [5, 5.41) is 5.86. The van der Waals surface area contributed by atoms with E-state index in [-0.39, 0.29) is 23.8 Å². The molecule has 34 heavy (non-hydrogen) atoms. The van der Waals surface area contributed by atoms with E-state index in [1.807, 2.05) is 65.8 Å². The first-order valence-electron chi connectivity index (χ1n) is 12.3. The minimum Gasteiger partial charge on any atom is -0.444 e. The highest BCUT2D eigenvalue weighted by Gasteiger charge is 2.45. The summed E-state index contributed by atoms with van der Waals surface area (Å²) in [6.07, 6.45) is 1.48. The summed E-state index contributed by atoms with van der Waals surface area (Å²) in [6.45, 7) is 17.1. The zero-order chi connectivity index (χ0) is 25.8. The summed E-state index contributed by atoms with van der Waals surface area (Å²) < 4.78 is 5.43. The van der Waals surface area contributed by atoms with Crippen molar-refractivity contribution in [2.24, 2.45) is 5.92 Å². The Labute approximate surface area is 205 Å². The number of alkyl carbamates (subject to hydrolysis) is 1. The molecule has 0 bridgehead atoms. The van der Waals surface area contributed by atoms with Gasteiger partial charge in [0.2, 0.25) is 11.8 Å². The Balaban J connectivity index is 2.47. The molecule has 0 aliphatic heterocycles. The zero-order valence-corrected chi connectivity index (χ0v) is 22.3. The van der Waals surface area contributed by atoms with Crippen LogP contribution in [0.4, 0.5) is 4.79 Å². The van der Waals surface area contributed by atoms with E-state index in [1.54, 1.807) is 25.7 Å². The number of carbonyl (C=O) groups is 3. The molecule has 7 heteroatoms. The van der Waals surface area contributed by atoms with Crippen molar-refractivity contribution in [1.29, 1.82) is 0 Å². The van der Waals surface area contributed by atoms with Gasteiger partial charge in [0.15, 0.2) is 0 Å². The summed E-state index contributed by atoms with van der Waals surface area (Å²) in [5.41, 5.74) is 0.602. The van der Waals surface area contributed by atoms with Crippen LogP contribution in [0.3, 0.4) is 0 Å². The number of nitrogens with zero attached hydrogens (tertiary/aromatic N) is 1. The normalized spacial score (nSPS) is 15.9. The molecule has 0 heterocycles. The molecular formula is C27H43N3O4. The van der Waals surface area contributed by atoms with Gasteiger partial charge in [-0.1, -0.05) is 38.1 Å². The summed E-state index contributed by atoms with van der Waals surface area (Å²) >= 11 is 0. The van der Waals surface area contributed by atoms with Crippen LogP contribution in [0.5, 0.6) is 0 Å². The van der Waals surface area contributed by atoms with Crippen molar-refractivity contribution in [3.8, 4) is 0 Å². The van der Waals surface area contributed by atoms with Gasteiger partial charge in [-0.15, -0.1) is 0 Å². The number of aryl methyl sites for hydroxylation is 1. The lowest BCUT2D eigenvalue weighted by atomic mass is 9.95. The molecule has 1 fully saturated rings. The molecule has 3 amide bonds. The smallest absolute Gasteiger partial charge is 0.408 e. The molecule has 2 N–H and O–H groups in total. The number of rotatable bonds is 8. The van der Waals surface area contributed by atoms with Gasteiger partial charge in [0.05, 0.1) is 0 Å². The highest BCUT2D eigenvalue weighted by molar-refractivity contribution is 5.93. The predicted octanol–water partition coefficient (Wildman–Crippen LogP) is 4.88. The number of hydrogen-bond acceptors (Lipinski definition) is 4. The number of amides is 3. The van der Waals surface area contributed by atoms with Crippen LogP contribution >= 0.6 is 0 Å². The van der Waals surface area contributed by atoms with Gasteiger partial charge in [0, 0.05) is 11.6 Å². The standard InChI is InChI=1S/C27H43N3O4/c1-17(2)16-21(28-25(33)34-27(7,8)9)24(32)30(19-14-15-19)22(23(31)29-26(4,5)6)20-13-11-10-12-18(20)3/h10-13,17,19,21-22H,14-16H2,1-9H3,(H,28,33)(H,29,31). The van der Waals surface area contributed by atoms with E-state index in [4.69, 9.17) is 4.74 Å². The predicted molar refractivity (Wildman–Crippen MR) is 134 cm³/mol. The van der Waals surface area contributed by atoms with E-state index in [9.17, 15) is 14.4 Å². The van der Waals surface area contributed by atoms with Gasteiger partial charge >= 0.3 is 6.09 Å². The van der Waals surface area contributed by atoms with Crippen molar-refractivity contribution in [3.05, 3.63) is 35.4 Å². The molecular weight excluding hydrogens is 430 g/mol. The molecule has 1 aliphatic rings. The highest BCUT2D eigenvalue weighted by atomic mass is 16.6. The number of ether oxygens (including phenoxy) is 1. The first kappa shape index (κ1) is 27.7. The summed E-state index contributed by atoms with van der Waals surface area (Å²) in [5.74, 6) is -0.313. The molecule has 2 atom stereocenters. The molecule has 1 saturated carbocycles. The maximum absolute atomic E-state index is 14.0. The molecule has 0 aromatic heterocycles. The SMILES string of the molecule is Cc1ccccc1C(C(=O)NC(C)(C)C)N(C(=O)C(CC(C)C)NC(=O)OC(C)(C)C)C1CC1. The van der Waals surface area contributed by atoms with Crippen molar-refractivity contribution in [1.82, 2.24) is 15.5 Å². The first-order valence-corrected chi connectivity index (χ1v) is 12.3. The van der Waals surface area contributed by atoms with Crippen LogP contribution < -0.4 is 10.6 Å². The molecule has 0 saturated heterocycles. The van der Waals surface area contributed by atoms with Crippen LogP contribution in [-0.2, 0) is 14.3 Å². The van der Waals surface area contributed by atoms with Crippen molar-refractivity contribution >= 4 is 17.9 Å². The molecule has 7 nitrogen and oxygen atoms in total. The number of carbonyl (C=O) groups excluding carboxylic acids is 3. The molecule has 1 aromatic rings. The number of nitrogens with one attached hydrogen (secondary N) is 2. The van der Waals surface area contributed by atoms with Gasteiger partial charge in [0.25, 0.3) is 0 Å². The van der Waals surface area contributed by atoms with Gasteiger partial charge in [0.1, 0.15) is 17.7 Å². The van der Waals surface area contributed by atoms with Crippen molar-refractivity contribution in [3.63, 3.8) is 0 Å². The summed E-state index contributed by atoms with van der Waals surface area (Å²) in [4.78, 5) is 42.0. The summed E-state index contributed by atoms with van der Waals surface area (Å²) in [6, 6.07) is 6.06. The van der Waals surface area contributed by atoms with E-state index < -0.39 is 29.3 Å². The highest BCUT2D eigenvalue weighted by Crippen LogP contribution is 2.37. The van der Waals surface area contributed by atoms with Gasteiger partial charge in [-0.2, -0.15) is 0 Å². The van der Waals surface area contributed by atoms with Gasteiger partial charge < -0.3 is 20.3 Å². The number of benzene rings is 1. The van der Waals surface area contributed by atoms with E-state index in [0.717, 1.165) is 24.0 Å². The van der Waals surface area contributed by atoms with E-state index >= 15 is 0 Å². The Bertz CT molecular complexity index is 879. The Hall–Kier alpha value is -2.57. The van der Waals surface area contributed by atoms with Crippen LogP contribution in [0.1, 0.15) is 91.8 Å². The lowest BCUT2D eigenvalue weighted by Gasteiger charge is -2.37. The average molecular weight is 474 g/mol. The maximum atomic E-state index is 14.0. The van der Waals surface area contributed by atoms with Crippen molar-refractivity contribution in [2.75, 3.05) is 0 Å². The molecule has 1 aliphatic carbocycles. The Kier molecular flexibility index (Phi) is 8.78. The second-order valence-electron chi connectivity index (χ2n) is 11.8. The minimum absolute atomic E-state index is 0.0436. The third-order valence-electron chi connectivity index (χ3n) is 5.40. The molecule has 2 rings (SSSR count). The second-order valence-corrected chi connectivity index (χ2v) is 11.8. The lowest BCUT2D eigenvalue weighted by Crippen LogP contribution is -2.55. The zero-order valence-electron chi connectivity index (χ0n) is 22.3. The Morgan fingerprint density at radius 2 is 1.65 bits per heavy atom. The average Bonchev–Trinajstić information content (AvgIpc) is 3.47. The van der Waals surface area contributed by atoms with Gasteiger partial charge in [-0.05, 0) is 84.8 Å². The first-order chi connectivity index (χ1) is 15.6. The molecule has 0 spiro atoms. The third kappa shape index (κ3) is 8.33. The Morgan fingerprint density at radius 1 is 1.06 bits per heavy atom. The topological polar surface area (TPSA) is 87.7 Å². The van der Waals surface area contributed by atoms with Gasteiger partial charge in [-0.3, -0.25) is 9.59 Å². The molecule has 0 radical (unpaired) electrons.